The molecular formula is C21H25N7O2S2. The second-order valence-corrected chi connectivity index (χ2v) is 10.7. The van der Waals surface area contributed by atoms with E-state index in [9.17, 15) is 9.90 Å². The molecule has 2 atom stereocenters. The molecule has 168 valence electrons. The van der Waals surface area contributed by atoms with Gasteiger partial charge in [0, 0.05) is 36.8 Å². The van der Waals surface area contributed by atoms with Crippen LogP contribution in [0.1, 0.15) is 58.2 Å². The number of nitrogens with one attached hydrogen (secondary N) is 1. The molecule has 9 nitrogen and oxygen atoms in total. The molecule has 1 amide bonds. The fraction of sp³-hybridized carbons (Fsp3) is 0.524. The van der Waals surface area contributed by atoms with Gasteiger partial charge in [0.25, 0.3) is 0 Å². The maximum Gasteiger partial charge on any atom is 0.232 e. The summed E-state index contributed by atoms with van der Waals surface area (Å²) in [6, 6.07) is 3.79. The average Bonchev–Trinajstić information content (AvgIpc) is 3.41. The number of β-amino-alcohol motifs (C(OH)–C–C–N with tert-alkyl or cyclic N) is 1. The van der Waals surface area contributed by atoms with E-state index in [4.69, 9.17) is 0 Å². The van der Waals surface area contributed by atoms with Gasteiger partial charge in [-0.15, -0.1) is 31.7 Å². The number of anilines is 2. The number of nitrogens with zero attached hydrogens (tertiary/aromatic N) is 6. The van der Waals surface area contributed by atoms with Crippen LogP contribution in [-0.4, -0.2) is 55.6 Å². The van der Waals surface area contributed by atoms with E-state index >= 15 is 0 Å². The van der Waals surface area contributed by atoms with Crippen molar-refractivity contribution in [1.29, 1.82) is 0 Å². The molecule has 11 heteroatoms. The highest BCUT2D eigenvalue weighted by Crippen LogP contribution is 2.43. The number of pyridine rings is 1. The summed E-state index contributed by atoms with van der Waals surface area (Å²) in [5.74, 6) is 0.603. The van der Waals surface area contributed by atoms with E-state index in [-0.39, 0.29) is 18.4 Å². The number of amides is 1. The van der Waals surface area contributed by atoms with E-state index in [0.717, 1.165) is 46.4 Å². The first kappa shape index (κ1) is 21.4. The molecule has 2 N–H and O–H groups in total. The highest BCUT2D eigenvalue weighted by molar-refractivity contribution is 7.15. The maximum atomic E-state index is 12.5. The lowest BCUT2D eigenvalue weighted by atomic mass is 9.82. The van der Waals surface area contributed by atoms with Gasteiger partial charge in [-0.25, -0.2) is 0 Å². The van der Waals surface area contributed by atoms with Gasteiger partial charge >= 0.3 is 0 Å². The van der Waals surface area contributed by atoms with Gasteiger partial charge in [0.1, 0.15) is 15.0 Å². The van der Waals surface area contributed by atoms with E-state index in [1.54, 1.807) is 17.5 Å². The van der Waals surface area contributed by atoms with Crippen molar-refractivity contribution in [3.8, 4) is 0 Å². The number of rotatable bonds is 6. The van der Waals surface area contributed by atoms with Crippen LogP contribution in [0.2, 0.25) is 0 Å². The van der Waals surface area contributed by atoms with Gasteiger partial charge in [0.15, 0.2) is 0 Å². The number of aryl methyl sites for hydroxylation is 1. The summed E-state index contributed by atoms with van der Waals surface area (Å²) in [6.45, 7) is 3.22. The predicted octanol–water partition coefficient (Wildman–Crippen LogP) is 2.90. The van der Waals surface area contributed by atoms with Gasteiger partial charge in [-0.3, -0.25) is 9.78 Å². The molecule has 0 bridgehead atoms. The second-order valence-electron chi connectivity index (χ2n) is 8.45. The highest BCUT2D eigenvalue weighted by Gasteiger charge is 2.29. The lowest BCUT2D eigenvalue weighted by Gasteiger charge is -2.37. The minimum absolute atomic E-state index is 0.160. The summed E-state index contributed by atoms with van der Waals surface area (Å²) >= 11 is 3.14. The van der Waals surface area contributed by atoms with Gasteiger partial charge in [-0.05, 0) is 38.3 Å². The fourth-order valence-electron chi connectivity index (χ4n) is 4.32. The van der Waals surface area contributed by atoms with Crippen LogP contribution in [0.5, 0.6) is 0 Å². The quantitative estimate of drug-likeness (QED) is 0.564. The van der Waals surface area contributed by atoms with Crippen molar-refractivity contribution in [2.24, 2.45) is 0 Å². The third-order valence-corrected chi connectivity index (χ3v) is 7.97. The summed E-state index contributed by atoms with van der Waals surface area (Å²) < 4.78 is 0. The van der Waals surface area contributed by atoms with Crippen molar-refractivity contribution >= 4 is 39.4 Å². The Kier molecular flexibility index (Phi) is 6.11. The van der Waals surface area contributed by atoms with Crippen LogP contribution in [0.15, 0.2) is 18.3 Å². The number of aromatic nitrogens is 5. The molecule has 0 aromatic carbocycles. The molecule has 3 aromatic rings. The average molecular weight is 472 g/mol. The molecule has 3 aromatic heterocycles. The Balaban J connectivity index is 1.18. The van der Waals surface area contributed by atoms with Gasteiger partial charge in [0.2, 0.25) is 11.0 Å². The number of aliphatic hydroxyl groups excluding tert-OH is 1. The summed E-state index contributed by atoms with van der Waals surface area (Å²) in [5, 5.41) is 33.1. The lowest BCUT2D eigenvalue weighted by molar-refractivity contribution is -0.115. The third-order valence-electron chi connectivity index (χ3n) is 5.97. The summed E-state index contributed by atoms with van der Waals surface area (Å²) in [5.41, 5.74) is 1.66. The van der Waals surface area contributed by atoms with Crippen molar-refractivity contribution < 1.29 is 9.90 Å². The molecule has 1 aliphatic carbocycles. The van der Waals surface area contributed by atoms with Crippen LogP contribution in [0.3, 0.4) is 0 Å². The van der Waals surface area contributed by atoms with E-state index in [1.165, 1.54) is 11.3 Å². The molecule has 4 heterocycles. The Bertz CT molecular complexity index is 1100. The zero-order valence-corrected chi connectivity index (χ0v) is 19.4. The normalized spacial score (nSPS) is 21.4. The molecule has 5 rings (SSSR count). The zero-order chi connectivity index (χ0) is 22.1. The van der Waals surface area contributed by atoms with Crippen LogP contribution in [-0.2, 0) is 11.2 Å². The topological polar surface area (TPSA) is 117 Å². The number of carbonyl (C=O) groups is 1. The van der Waals surface area contributed by atoms with Gasteiger partial charge in [0.05, 0.1) is 18.2 Å². The Morgan fingerprint density at radius 3 is 2.62 bits per heavy atom. The van der Waals surface area contributed by atoms with Crippen molar-refractivity contribution in [3.05, 3.63) is 39.0 Å². The molecule has 1 aliphatic heterocycles. The molecule has 2 aliphatic rings. The number of aliphatic hydroxyl groups is 1. The zero-order valence-electron chi connectivity index (χ0n) is 17.8. The smallest absolute Gasteiger partial charge is 0.232 e. The molecule has 0 spiro atoms. The first-order chi connectivity index (χ1) is 15.5. The minimum atomic E-state index is -0.275. The van der Waals surface area contributed by atoms with Gasteiger partial charge in [-0.2, -0.15) is 0 Å². The van der Waals surface area contributed by atoms with E-state index in [0.29, 0.717) is 35.8 Å². The molecule has 2 fully saturated rings. The molecular weight excluding hydrogens is 446 g/mol. The van der Waals surface area contributed by atoms with Crippen LogP contribution >= 0.6 is 22.7 Å². The van der Waals surface area contributed by atoms with Crippen LogP contribution in [0.4, 0.5) is 10.8 Å². The standard InChI is InChI=1S/C21H25N7O2S2/c1-12-24-25-19(31-12)13-3-2-4-14(7-13)20-26-27-21(32-20)23-18(30)9-15-8-16(5-6-22-15)28-10-17(29)11-28/h5-6,8,13-14,17,29H,2-4,7,9-11H2,1H3,(H,23,27,30)/t13-,14?/m0/s1. The Labute approximate surface area is 193 Å². The van der Waals surface area contributed by atoms with Gasteiger partial charge < -0.3 is 15.3 Å². The SMILES string of the molecule is Cc1nnc([C@H]2CCCC(c3nnc(NC(=O)Cc4cc(N5CC(O)C5)ccn4)s3)C2)s1. The summed E-state index contributed by atoms with van der Waals surface area (Å²) in [7, 11) is 0. The monoisotopic (exact) mass is 471 g/mol. The number of hydrogen-bond acceptors (Lipinski definition) is 10. The summed E-state index contributed by atoms with van der Waals surface area (Å²) in [4.78, 5) is 18.9. The van der Waals surface area contributed by atoms with E-state index in [2.05, 4.69) is 35.6 Å². The lowest BCUT2D eigenvalue weighted by Crippen LogP contribution is -2.50. The fourth-order valence-corrected chi connectivity index (χ4v) is 6.07. The molecule has 1 unspecified atom stereocenters. The minimum Gasteiger partial charge on any atom is -0.389 e. The highest BCUT2D eigenvalue weighted by atomic mass is 32.1. The van der Waals surface area contributed by atoms with Crippen molar-refractivity contribution in [1.82, 2.24) is 25.4 Å². The predicted molar refractivity (Wildman–Crippen MR) is 123 cm³/mol. The van der Waals surface area contributed by atoms with Crippen molar-refractivity contribution in [3.63, 3.8) is 0 Å². The molecule has 0 radical (unpaired) electrons. The Morgan fingerprint density at radius 1 is 1.16 bits per heavy atom. The van der Waals surface area contributed by atoms with Crippen LogP contribution in [0.25, 0.3) is 0 Å². The van der Waals surface area contributed by atoms with Gasteiger partial charge in [-0.1, -0.05) is 17.8 Å². The number of hydrogen-bond donors (Lipinski definition) is 2. The Hall–Kier alpha value is -2.50. The molecule has 1 saturated heterocycles. The second kappa shape index (κ2) is 9.16. The maximum absolute atomic E-state index is 12.5. The third kappa shape index (κ3) is 4.79. The van der Waals surface area contributed by atoms with E-state index in [1.807, 2.05) is 19.1 Å². The molecule has 1 saturated carbocycles. The van der Waals surface area contributed by atoms with Crippen molar-refractivity contribution in [2.45, 2.75) is 57.0 Å². The molecule has 32 heavy (non-hydrogen) atoms. The summed E-state index contributed by atoms with van der Waals surface area (Å²) in [6.07, 6.45) is 5.94. The largest absolute Gasteiger partial charge is 0.389 e. The van der Waals surface area contributed by atoms with Crippen LogP contribution < -0.4 is 10.2 Å². The Morgan fingerprint density at radius 2 is 1.91 bits per heavy atom. The number of carbonyl (C=O) groups excluding carboxylic acids is 1. The van der Waals surface area contributed by atoms with E-state index < -0.39 is 0 Å². The van der Waals surface area contributed by atoms with Crippen LogP contribution in [0, 0.1) is 6.92 Å². The van der Waals surface area contributed by atoms with Crippen molar-refractivity contribution in [2.75, 3.05) is 23.3 Å². The first-order valence-electron chi connectivity index (χ1n) is 10.8. The first-order valence-corrected chi connectivity index (χ1v) is 12.5.